The number of carbonyl (C=O) groups is 2. The van der Waals surface area contributed by atoms with E-state index < -0.39 is 5.82 Å². The summed E-state index contributed by atoms with van der Waals surface area (Å²) in [5.41, 5.74) is 2.67. The van der Waals surface area contributed by atoms with E-state index in [0.29, 0.717) is 24.4 Å². The van der Waals surface area contributed by atoms with Crippen molar-refractivity contribution >= 4 is 11.8 Å². The lowest BCUT2D eigenvalue weighted by molar-refractivity contribution is 0.0705. The van der Waals surface area contributed by atoms with Crippen molar-refractivity contribution in [1.82, 2.24) is 15.4 Å². The zero-order valence-electron chi connectivity index (χ0n) is 17.9. The second-order valence-corrected chi connectivity index (χ2v) is 7.93. The number of halogens is 1. The lowest BCUT2D eigenvalue weighted by Crippen LogP contribution is -2.33. The molecular formula is C24H26FN3O3. The highest BCUT2D eigenvalue weighted by atomic mass is 19.1. The Hall–Kier alpha value is -3.48. The van der Waals surface area contributed by atoms with Gasteiger partial charge >= 0.3 is 0 Å². The first-order chi connectivity index (χ1) is 14.8. The number of hydrogen-bond acceptors (Lipinski definition) is 4. The van der Waals surface area contributed by atoms with Gasteiger partial charge in [0.1, 0.15) is 5.82 Å². The minimum absolute atomic E-state index is 0.154. The molecule has 0 radical (unpaired) electrons. The quantitative estimate of drug-likeness (QED) is 0.584. The Balaban J connectivity index is 1.65. The topological polar surface area (TPSA) is 75.4 Å². The van der Waals surface area contributed by atoms with Gasteiger partial charge in [-0.25, -0.2) is 4.39 Å². The van der Waals surface area contributed by atoms with Gasteiger partial charge in [0.05, 0.1) is 6.54 Å². The second kappa shape index (κ2) is 10.0. The molecule has 1 N–H and O–H groups in total. The van der Waals surface area contributed by atoms with E-state index in [4.69, 9.17) is 4.52 Å². The number of benzene rings is 2. The Kier molecular flexibility index (Phi) is 7.18. The van der Waals surface area contributed by atoms with Crippen LogP contribution in [0.5, 0.6) is 0 Å². The fourth-order valence-electron chi connectivity index (χ4n) is 3.10. The maximum atomic E-state index is 13.2. The Morgan fingerprint density at radius 3 is 2.42 bits per heavy atom. The van der Waals surface area contributed by atoms with E-state index in [1.54, 1.807) is 4.90 Å². The van der Waals surface area contributed by atoms with E-state index in [1.165, 1.54) is 30.3 Å². The molecule has 1 aromatic heterocycles. The van der Waals surface area contributed by atoms with E-state index in [2.05, 4.69) is 10.5 Å². The normalized spacial score (nSPS) is 10.9. The minimum Gasteiger partial charge on any atom is -0.359 e. The van der Waals surface area contributed by atoms with Gasteiger partial charge in [-0.1, -0.05) is 48.8 Å². The first kappa shape index (κ1) is 22.2. The largest absolute Gasteiger partial charge is 0.359 e. The van der Waals surface area contributed by atoms with Crippen molar-refractivity contribution in [1.29, 1.82) is 0 Å². The van der Waals surface area contributed by atoms with Crippen molar-refractivity contribution in [3.05, 3.63) is 88.6 Å². The molecule has 1 heterocycles. The van der Waals surface area contributed by atoms with Gasteiger partial charge < -0.3 is 14.7 Å². The highest BCUT2D eigenvalue weighted by Crippen LogP contribution is 2.14. The molecule has 3 rings (SSSR count). The standard InChI is InChI=1S/C24H26FN3O3/c1-16(2)14-28(24(30)19-8-10-20(25)11-9-19)15-21-12-22(27-31-21)23(29)26-13-18-6-4-17(3)5-7-18/h4-12,16H,13-15H2,1-3H3,(H,26,29). The third-order valence-electron chi connectivity index (χ3n) is 4.68. The van der Waals surface area contributed by atoms with Crippen molar-refractivity contribution < 1.29 is 18.5 Å². The Morgan fingerprint density at radius 1 is 1.10 bits per heavy atom. The lowest BCUT2D eigenvalue weighted by atomic mass is 10.1. The molecule has 2 amide bonds. The van der Waals surface area contributed by atoms with Crippen molar-refractivity contribution in [2.75, 3.05) is 6.54 Å². The lowest BCUT2D eigenvalue weighted by Gasteiger charge is -2.23. The molecule has 0 bridgehead atoms. The van der Waals surface area contributed by atoms with Gasteiger partial charge in [0.15, 0.2) is 11.5 Å². The van der Waals surface area contributed by atoms with E-state index in [1.807, 2.05) is 45.0 Å². The van der Waals surface area contributed by atoms with Gasteiger partial charge in [-0.15, -0.1) is 0 Å². The number of nitrogens with zero attached hydrogens (tertiary/aromatic N) is 2. The van der Waals surface area contributed by atoms with Gasteiger partial charge in [-0.05, 0) is 42.7 Å². The molecule has 0 saturated heterocycles. The highest BCUT2D eigenvalue weighted by Gasteiger charge is 2.21. The van der Waals surface area contributed by atoms with Crippen LogP contribution in [0.4, 0.5) is 4.39 Å². The van der Waals surface area contributed by atoms with Crippen LogP contribution in [0.2, 0.25) is 0 Å². The molecule has 6 nitrogen and oxygen atoms in total. The Labute approximate surface area is 181 Å². The number of amides is 2. The SMILES string of the molecule is Cc1ccc(CNC(=O)c2cc(CN(CC(C)C)C(=O)c3ccc(F)cc3)on2)cc1. The molecule has 3 aromatic rings. The summed E-state index contributed by atoms with van der Waals surface area (Å²) in [6.45, 7) is 7.01. The van der Waals surface area contributed by atoms with Crippen LogP contribution in [0.1, 0.15) is 51.6 Å². The van der Waals surface area contributed by atoms with Gasteiger partial charge in [0.2, 0.25) is 0 Å². The van der Waals surface area contributed by atoms with Crippen LogP contribution in [0.15, 0.2) is 59.1 Å². The fourth-order valence-corrected chi connectivity index (χ4v) is 3.10. The van der Waals surface area contributed by atoms with Crippen molar-refractivity contribution in [2.24, 2.45) is 5.92 Å². The number of carbonyl (C=O) groups excluding carboxylic acids is 2. The summed E-state index contributed by atoms with van der Waals surface area (Å²) in [4.78, 5) is 26.9. The molecule has 162 valence electrons. The number of aryl methyl sites for hydroxylation is 1. The van der Waals surface area contributed by atoms with Crippen LogP contribution in [0, 0.1) is 18.7 Å². The maximum Gasteiger partial charge on any atom is 0.273 e. The summed E-state index contributed by atoms with van der Waals surface area (Å²) < 4.78 is 18.5. The summed E-state index contributed by atoms with van der Waals surface area (Å²) in [5, 5.41) is 6.65. The van der Waals surface area contributed by atoms with E-state index in [9.17, 15) is 14.0 Å². The number of aromatic nitrogens is 1. The Morgan fingerprint density at radius 2 is 1.77 bits per heavy atom. The fraction of sp³-hybridized carbons (Fsp3) is 0.292. The van der Waals surface area contributed by atoms with Crippen LogP contribution in [0.25, 0.3) is 0 Å². The molecule has 0 spiro atoms. The van der Waals surface area contributed by atoms with Crippen LogP contribution in [-0.4, -0.2) is 28.4 Å². The minimum atomic E-state index is -0.400. The van der Waals surface area contributed by atoms with Crippen molar-refractivity contribution in [2.45, 2.75) is 33.9 Å². The summed E-state index contributed by atoms with van der Waals surface area (Å²) >= 11 is 0. The number of nitrogens with one attached hydrogen (secondary N) is 1. The van der Waals surface area contributed by atoms with Gasteiger partial charge in [-0.3, -0.25) is 9.59 Å². The van der Waals surface area contributed by atoms with E-state index in [-0.39, 0.29) is 30.0 Å². The third-order valence-corrected chi connectivity index (χ3v) is 4.68. The predicted molar refractivity (Wildman–Crippen MR) is 115 cm³/mol. The summed E-state index contributed by atoms with van der Waals surface area (Å²) in [7, 11) is 0. The monoisotopic (exact) mass is 423 g/mol. The van der Waals surface area contributed by atoms with Gasteiger partial charge in [0, 0.05) is 24.7 Å². The van der Waals surface area contributed by atoms with Gasteiger partial charge in [0.25, 0.3) is 11.8 Å². The van der Waals surface area contributed by atoms with E-state index in [0.717, 1.165) is 11.1 Å². The first-order valence-corrected chi connectivity index (χ1v) is 10.2. The molecule has 0 aliphatic heterocycles. The first-order valence-electron chi connectivity index (χ1n) is 10.2. The van der Waals surface area contributed by atoms with E-state index >= 15 is 0 Å². The summed E-state index contributed by atoms with van der Waals surface area (Å²) in [5.74, 6) is -0.379. The van der Waals surface area contributed by atoms with Gasteiger partial charge in [-0.2, -0.15) is 0 Å². The predicted octanol–water partition coefficient (Wildman–Crippen LogP) is 4.35. The molecule has 2 aromatic carbocycles. The number of rotatable bonds is 8. The molecule has 0 atom stereocenters. The zero-order chi connectivity index (χ0) is 22.4. The molecule has 0 saturated carbocycles. The maximum absolute atomic E-state index is 13.2. The molecule has 0 unspecified atom stereocenters. The Bertz CT molecular complexity index is 1030. The zero-order valence-corrected chi connectivity index (χ0v) is 17.9. The number of hydrogen-bond donors (Lipinski definition) is 1. The van der Waals surface area contributed by atoms with Crippen molar-refractivity contribution in [3.8, 4) is 0 Å². The smallest absolute Gasteiger partial charge is 0.273 e. The second-order valence-electron chi connectivity index (χ2n) is 7.93. The average molecular weight is 423 g/mol. The highest BCUT2D eigenvalue weighted by molar-refractivity contribution is 5.94. The average Bonchev–Trinajstić information content (AvgIpc) is 3.21. The molecular weight excluding hydrogens is 397 g/mol. The van der Waals surface area contributed by atoms with Crippen LogP contribution >= 0.6 is 0 Å². The molecule has 0 aliphatic rings. The summed E-state index contributed by atoms with van der Waals surface area (Å²) in [6.07, 6.45) is 0. The van der Waals surface area contributed by atoms with Crippen LogP contribution in [-0.2, 0) is 13.1 Å². The van der Waals surface area contributed by atoms with Crippen LogP contribution in [0.3, 0.4) is 0 Å². The van der Waals surface area contributed by atoms with Crippen LogP contribution < -0.4 is 5.32 Å². The molecule has 0 aliphatic carbocycles. The molecule has 7 heteroatoms. The molecule has 0 fully saturated rings. The summed E-state index contributed by atoms with van der Waals surface area (Å²) in [6, 6.07) is 14.8. The third kappa shape index (κ3) is 6.25. The molecule has 31 heavy (non-hydrogen) atoms. The van der Waals surface area contributed by atoms with Crippen molar-refractivity contribution in [3.63, 3.8) is 0 Å².